The second-order valence-corrected chi connectivity index (χ2v) is 8.38. The van der Waals surface area contributed by atoms with Crippen molar-refractivity contribution in [3.05, 3.63) is 65.7 Å². The van der Waals surface area contributed by atoms with Gasteiger partial charge in [0, 0.05) is 42.7 Å². The van der Waals surface area contributed by atoms with Crippen molar-refractivity contribution in [1.82, 2.24) is 15.0 Å². The minimum Gasteiger partial charge on any atom is -0.390 e. The number of aromatic nitrogens is 3. The number of benzene rings is 2. The molecule has 9 heteroatoms. The van der Waals surface area contributed by atoms with Crippen LogP contribution in [0, 0.1) is 24.4 Å². The van der Waals surface area contributed by atoms with E-state index < -0.39 is 23.6 Å². The Morgan fingerprint density at radius 3 is 2.64 bits per heavy atom. The van der Waals surface area contributed by atoms with E-state index in [0.717, 1.165) is 18.2 Å². The molecular weight excluding hydrogens is 431 g/mol. The van der Waals surface area contributed by atoms with Crippen LogP contribution in [0.5, 0.6) is 0 Å². The van der Waals surface area contributed by atoms with Gasteiger partial charge >= 0.3 is 0 Å². The molecule has 2 aromatic carbocycles. The number of halogens is 3. The molecule has 1 saturated heterocycles. The van der Waals surface area contributed by atoms with Crippen LogP contribution in [0.1, 0.15) is 12.0 Å². The Hall–Kier alpha value is -3.43. The number of H-pyrrole nitrogens is 1. The van der Waals surface area contributed by atoms with Crippen molar-refractivity contribution >= 4 is 16.7 Å². The molecule has 5 rings (SSSR count). The molecular formula is C24H22F3N5O. The number of hydrogen-bond acceptors (Lipinski definition) is 5. The number of aliphatic hydroxyl groups excluding tert-OH is 1. The Morgan fingerprint density at radius 1 is 1.06 bits per heavy atom. The summed E-state index contributed by atoms with van der Waals surface area (Å²) in [6.07, 6.45) is 2.75. The first-order chi connectivity index (χ1) is 15.8. The van der Waals surface area contributed by atoms with Crippen LogP contribution < -0.4 is 10.6 Å². The monoisotopic (exact) mass is 453 g/mol. The number of aryl methyl sites for hydroxylation is 1. The van der Waals surface area contributed by atoms with E-state index in [9.17, 15) is 18.3 Å². The minimum atomic E-state index is -0.794. The van der Waals surface area contributed by atoms with Gasteiger partial charge in [-0.1, -0.05) is 0 Å². The summed E-state index contributed by atoms with van der Waals surface area (Å²) in [4.78, 5) is 13.9. The van der Waals surface area contributed by atoms with Crippen LogP contribution in [0.4, 0.5) is 18.9 Å². The number of nitrogens with one attached hydrogen (secondary N) is 1. The van der Waals surface area contributed by atoms with Gasteiger partial charge in [-0.15, -0.1) is 0 Å². The highest BCUT2D eigenvalue weighted by Crippen LogP contribution is 2.40. The molecule has 0 bridgehead atoms. The maximum atomic E-state index is 14.8. The lowest BCUT2D eigenvalue weighted by Crippen LogP contribution is -2.50. The number of imidazole rings is 1. The van der Waals surface area contributed by atoms with Gasteiger partial charge in [-0.2, -0.15) is 0 Å². The molecule has 3 heterocycles. The normalized spacial score (nSPS) is 18.8. The first kappa shape index (κ1) is 21.4. The van der Waals surface area contributed by atoms with E-state index in [1.165, 1.54) is 18.3 Å². The predicted octanol–water partition coefficient (Wildman–Crippen LogP) is 3.92. The van der Waals surface area contributed by atoms with Gasteiger partial charge in [0.2, 0.25) is 0 Å². The molecule has 0 amide bonds. The van der Waals surface area contributed by atoms with Crippen molar-refractivity contribution < 1.29 is 18.3 Å². The topological polar surface area (TPSA) is 91.1 Å². The molecule has 33 heavy (non-hydrogen) atoms. The van der Waals surface area contributed by atoms with Gasteiger partial charge in [-0.05, 0) is 49.2 Å². The number of rotatable bonds is 3. The number of aromatic amines is 1. The lowest BCUT2D eigenvalue weighted by atomic mass is 9.97. The Morgan fingerprint density at radius 2 is 1.85 bits per heavy atom. The van der Waals surface area contributed by atoms with Crippen LogP contribution in [0.2, 0.25) is 0 Å². The van der Waals surface area contributed by atoms with E-state index in [1.54, 1.807) is 13.1 Å². The number of nitrogens with zero attached hydrogens (tertiary/aromatic N) is 3. The molecule has 1 fully saturated rings. The standard InChI is InChI=1S/C24H22F3N5O/c1-12-6-14(26)8-20-22(12)31-24(30-20)17-10-29-9-16(15-7-13(25)2-3-18(15)27)23(17)32-5-4-19(28)21(33)11-32/h2-3,6-10,19,21,33H,4-5,11,28H2,1H3,(H,30,31)/t19-,21+/m1/s1. The van der Waals surface area contributed by atoms with Crippen molar-refractivity contribution in [3.63, 3.8) is 0 Å². The quantitative estimate of drug-likeness (QED) is 0.438. The molecule has 2 aromatic heterocycles. The number of pyridine rings is 1. The van der Waals surface area contributed by atoms with Gasteiger partial charge in [0.05, 0.1) is 28.4 Å². The summed E-state index contributed by atoms with van der Waals surface area (Å²) in [5.41, 5.74) is 9.22. The Kier molecular flexibility index (Phi) is 5.30. The lowest BCUT2D eigenvalue weighted by molar-refractivity contribution is 0.132. The van der Waals surface area contributed by atoms with Gasteiger partial charge < -0.3 is 20.7 Å². The third-order valence-electron chi connectivity index (χ3n) is 6.08. The molecule has 2 atom stereocenters. The maximum Gasteiger partial charge on any atom is 0.142 e. The molecule has 0 unspecified atom stereocenters. The van der Waals surface area contributed by atoms with Gasteiger partial charge in [0.1, 0.15) is 23.3 Å². The second-order valence-electron chi connectivity index (χ2n) is 8.38. The highest BCUT2D eigenvalue weighted by Gasteiger charge is 2.30. The van der Waals surface area contributed by atoms with Crippen LogP contribution in [0.3, 0.4) is 0 Å². The molecule has 4 N–H and O–H groups in total. The summed E-state index contributed by atoms with van der Waals surface area (Å²) in [7, 11) is 0. The number of piperidine rings is 1. The molecule has 1 aliphatic rings. The van der Waals surface area contributed by atoms with E-state index >= 15 is 0 Å². The van der Waals surface area contributed by atoms with E-state index in [-0.39, 0.29) is 18.2 Å². The fourth-order valence-corrected chi connectivity index (χ4v) is 4.40. The summed E-state index contributed by atoms with van der Waals surface area (Å²) < 4.78 is 42.8. The highest BCUT2D eigenvalue weighted by molar-refractivity contribution is 5.91. The number of hydrogen-bond donors (Lipinski definition) is 3. The number of β-amino-alcohol motifs (C(OH)–C–C–N with tert-alkyl or cyclic N) is 1. The molecule has 4 aromatic rings. The maximum absolute atomic E-state index is 14.8. The molecule has 0 aliphatic carbocycles. The van der Waals surface area contributed by atoms with Crippen molar-refractivity contribution in [1.29, 1.82) is 0 Å². The SMILES string of the molecule is Cc1cc(F)cc2[nH]c(-c3cncc(-c4cc(F)ccc4F)c3N3CC[C@@H](N)[C@@H](O)C3)nc12. The van der Waals surface area contributed by atoms with E-state index in [1.807, 2.05) is 4.90 Å². The van der Waals surface area contributed by atoms with Crippen molar-refractivity contribution in [2.75, 3.05) is 18.0 Å². The largest absolute Gasteiger partial charge is 0.390 e. The summed E-state index contributed by atoms with van der Waals surface area (Å²) in [5, 5.41) is 10.4. The van der Waals surface area contributed by atoms with Crippen molar-refractivity contribution in [3.8, 4) is 22.5 Å². The molecule has 0 spiro atoms. The zero-order valence-electron chi connectivity index (χ0n) is 17.8. The van der Waals surface area contributed by atoms with Gasteiger partial charge in [0.15, 0.2) is 0 Å². The van der Waals surface area contributed by atoms with E-state index in [0.29, 0.717) is 52.2 Å². The number of fused-ring (bicyclic) bond motifs is 1. The Labute approximate surface area is 187 Å². The van der Waals surface area contributed by atoms with E-state index in [2.05, 4.69) is 15.0 Å². The fourth-order valence-electron chi connectivity index (χ4n) is 4.40. The van der Waals surface area contributed by atoms with Crippen LogP contribution in [-0.2, 0) is 0 Å². The third-order valence-corrected chi connectivity index (χ3v) is 6.08. The molecule has 0 saturated carbocycles. The van der Waals surface area contributed by atoms with Gasteiger partial charge in [0.25, 0.3) is 0 Å². The molecule has 1 aliphatic heterocycles. The third kappa shape index (κ3) is 3.83. The van der Waals surface area contributed by atoms with Crippen LogP contribution in [0.25, 0.3) is 33.5 Å². The number of nitrogens with two attached hydrogens (primary N) is 1. The van der Waals surface area contributed by atoms with Crippen molar-refractivity contribution in [2.24, 2.45) is 5.73 Å². The minimum absolute atomic E-state index is 0.0436. The summed E-state index contributed by atoms with van der Waals surface area (Å²) >= 11 is 0. The average molecular weight is 453 g/mol. The Bertz CT molecular complexity index is 1360. The molecule has 0 radical (unpaired) electrons. The first-order valence-corrected chi connectivity index (χ1v) is 10.6. The summed E-state index contributed by atoms with van der Waals surface area (Å²) in [6, 6.07) is 5.60. The van der Waals surface area contributed by atoms with Crippen LogP contribution in [-0.4, -0.2) is 45.3 Å². The highest BCUT2D eigenvalue weighted by atomic mass is 19.1. The Balaban J connectivity index is 1.75. The van der Waals surface area contributed by atoms with Gasteiger partial charge in [-0.3, -0.25) is 4.98 Å². The second kappa shape index (κ2) is 8.17. The van der Waals surface area contributed by atoms with Gasteiger partial charge in [-0.25, -0.2) is 18.2 Å². The number of anilines is 1. The lowest BCUT2D eigenvalue weighted by Gasteiger charge is -2.37. The van der Waals surface area contributed by atoms with E-state index in [4.69, 9.17) is 5.73 Å². The van der Waals surface area contributed by atoms with Crippen LogP contribution >= 0.6 is 0 Å². The predicted molar refractivity (Wildman–Crippen MR) is 120 cm³/mol. The number of aliphatic hydroxyl groups is 1. The molecule has 6 nitrogen and oxygen atoms in total. The molecule has 170 valence electrons. The zero-order valence-corrected chi connectivity index (χ0v) is 17.8. The average Bonchev–Trinajstić information content (AvgIpc) is 3.21. The van der Waals surface area contributed by atoms with Crippen molar-refractivity contribution in [2.45, 2.75) is 25.5 Å². The smallest absolute Gasteiger partial charge is 0.142 e. The summed E-state index contributed by atoms with van der Waals surface area (Å²) in [6.45, 7) is 2.46. The van der Waals surface area contributed by atoms with Crippen LogP contribution in [0.15, 0.2) is 42.7 Å². The fraction of sp³-hybridized carbons (Fsp3) is 0.250. The zero-order chi connectivity index (χ0) is 23.3. The summed E-state index contributed by atoms with van der Waals surface area (Å²) in [5.74, 6) is -1.17. The first-order valence-electron chi connectivity index (χ1n) is 10.6.